The Morgan fingerprint density at radius 2 is 2.22 bits per heavy atom. The van der Waals surface area contributed by atoms with E-state index < -0.39 is 0 Å². The molecule has 3 nitrogen and oxygen atoms in total. The van der Waals surface area contributed by atoms with Gasteiger partial charge in [0.05, 0.1) is 12.1 Å². The molecule has 1 unspecified atom stereocenters. The van der Waals surface area contributed by atoms with Crippen molar-refractivity contribution in [2.24, 2.45) is 5.73 Å². The van der Waals surface area contributed by atoms with Gasteiger partial charge >= 0.3 is 0 Å². The van der Waals surface area contributed by atoms with Gasteiger partial charge in [-0.1, -0.05) is 37.6 Å². The van der Waals surface area contributed by atoms with E-state index in [4.69, 9.17) is 5.73 Å². The molecule has 0 bridgehead atoms. The number of nitrogens with two attached hydrogens (primary N) is 1. The van der Waals surface area contributed by atoms with E-state index in [0.717, 1.165) is 25.7 Å². The molecule has 0 radical (unpaired) electrons. The first kappa shape index (κ1) is 13.1. The predicted octanol–water partition coefficient (Wildman–Crippen LogP) is 2.26. The van der Waals surface area contributed by atoms with Gasteiger partial charge in [-0.05, 0) is 30.4 Å². The van der Waals surface area contributed by atoms with E-state index in [2.05, 4.69) is 25.1 Å². The summed E-state index contributed by atoms with van der Waals surface area (Å²) in [6.07, 6.45) is 3.78. The Labute approximate surface area is 109 Å². The summed E-state index contributed by atoms with van der Waals surface area (Å²) in [6, 6.07) is 8.24. The van der Waals surface area contributed by atoms with Gasteiger partial charge in [-0.3, -0.25) is 4.79 Å². The van der Waals surface area contributed by atoms with Gasteiger partial charge in [0.2, 0.25) is 5.91 Å². The summed E-state index contributed by atoms with van der Waals surface area (Å²) in [4.78, 5) is 14.1. The van der Waals surface area contributed by atoms with Gasteiger partial charge in [-0.25, -0.2) is 0 Å². The third kappa shape index (κ3) is 2.41. The average Bonchev–Trinajstić information content (AvgIpc) is 2.81. The van der Waals surface area contributed by atoms with E-state index in [-0.39, 0.29) is 18.0 Å². The number of benzene rings is 1. The third-order valence-corrected chi connectivity index (χ3v) is 3.83. The number of hydrogen-bond acceptors (Lipinski definition) is 2. The Bertz CT molecular complexity index is 430. The van der Waals surface area contributed by atoms with Crippen molar-refractivity contribution in [2.75, 3.05) is 7.05 Å². The van der Waals surface area contributed by atoms with Gasteiger partial charge < -0.3 is 10.6 Å². The number of likely N-dealkylation sites (N-methyl/N-ethyl adjacent to an activating group) is 1. The summed E-state index contributed by atoms with van der Waals surface area (Å²) in [5.74, 6) is 0.0681. The molecule has 2 rings (SSSR count). The van der Waals surface area contributed by atoms with Gasteiger partial charge in [0.15, 0.2) is 0 Å². The highest BCUT2D eigenvalue weighted by Crippen LogP contribution is 2.34. The zero-order chi connectivity index (χ0) is 13.1. The second kappa shape index (κ2) is 5.53. The minimum atomic E-state index is -0.354. The lowest BCUT2D eigenvalue weighted by Gasteiger charge is -2.28. The molecule has 1 aliphatic rings. The first-order chi connectivity index (χ1) is 8.65. The van der Waals surface area contributed by atoms with Crippen LogP contribution in [0.2, 0.25) is 0 Å². The molecule has 0 aromatic heterocycles. The quantitative estimate of drug-likeness (QED) is 0.885. The fraction of sp³-hybridized carbons (Fsp3) is 0.533. The highest BCUT2D eigenvalue weighted by atomic mass is 16.2. The number of carbonyl (C=O) groups excluding carboxylic acids is 1. The molecular weight excluding hydrogens is 224 g/mol. The summed E-state index contributed by atoms with van der Waals surface area (Å²) >= 11 is 0. The van der Waals surface area contributed by atoms with Crippen molar-refractivity contribution in [1.29, 1.82) is 0 Å². The summed E-state index contributed by atoms with van der Waals surface area (Å²) in [5.41, 5.74) is 8.58. The molecule has 0 saturated heterocycles. The number of carbonyl (C=O) groups is 1. The third-order valence-electron chi connectivity index (χ3n) is 3.83. The van der Waals surface area contributed by atoms with E-state index in [1.807, 2.05) is 18.0 Å². The molecule has 18 heavy (non-hydrogen) atoms. The predicted molar refractivity (Wildman–Crippen MR) is 73.2 cm³/mol. The first-order valence-electron chi connectivity index (χ1n) is 6.75. The molecule has 2 atom stereocenters. The zero-order valence-corrected chi connectivity index (χ0v) is 11.2. The molecular formula is C15H22N2O. The van der Waals surface area contributed by atoms with Crippen molar-refractivity contribution in [3.8, 4) is 0 Å². The maximum Gasteiger partial charge on any atom is 0.239 e. The SMILES string of the molecule is CCC[C@@H](N)C(=O)N(C)C1CCc2ccccc21. The molecule has 0 fully saturated rings. The first-order valence-corrected chi connectivity index (χ1v) is 6.75. The molecule has 0 spiro atoms. The van der Waals surface area contributed by atoms with Crippen LogP contribution in [-0.2, 0) is 11.2 Å². The number of aryl methyl sites for hydroxylation is 1. The van der Waals surface area contributed by atoms with Crippen LogP contribution < -0.4 is 5.73 Å². The Hall–Kier alpha value is -1.35. The van der Waals surface area contributed by atoms with Crippen LogP contribution in [0.3, 0.4) is 0 Å². The molecule has 3 heteroatoms. The molecule has 0 saturated carbocycles. The largest absolute Gasteiger partial charge is 0.337 e. The Morgan fingerprint density at radius 3 is 2.94 bits per heavy atom. The monoisotopic (exact) mass is 246 g/mol. The van der Waals surface area contributed by atoms with Crippen LogP contribution in [0.1, 0.15) is 43.4 Å². The molecule has 1 aromatic rings. The minimum Gasteiger partial charge on any atom is -0.337 e. The van der Waals surface area contributed by atoms with Crippen LogP contribution in [0.25, 0.3) is 0 Å². The molecule has 1 aromatic carbocycles. The highest BCUT2D eigenvalue weighted by Gasteiger charge is 2.30. The molecule has 0 aliphatic heterocycles. The topological polar surface area (TPSA) is 46.3 Å². The number of amides is 1. The fourth-order valence-corrected chi connectivity index (χ4v) is 2.79. The van der Waals surface area contributed by atoms with E-state index >= 15 is 0 Å². The maximum absolute atomic E-state index is 12.2. The van der Waals surface area contributed by atoms with Crippen LogP contribution in [0.5, 0.6) is 0 Å². The lowest BCUT2D eigenvalue weighted by molar-refractivity contribution is -0.133. The second-order valence-electron chi connectivity index (χ2n) is 5.10. The Kier molecular flexibility index (Phi) is 4.02. The number of hydrogen-bond donors (Lipinski definition) is 1. The van der Waals surface area contributed by atoms with Crippen molar-refractivity contribution in [3.63, 3.8) is 0 Å². The second-order valence-corrected chi connectivity index (χ2v) is 5.10. The maximum atomic E-state index is 12.2. The van der Waals surface area contributed by atoms with Crippen LogP contribution >= 0.6 is 0 Å². The van der Waals surface area contributed by atoms with Crippen molar-refractivity contribution in [1.82, 2.24) is 4.90 Å². The van der Waals surface area contributed by atoms with Gasteiger partial charge in [-0.15, -0.1) is 0 Å². The summed E-state index contributed by atoms with van der Waals surface area (Å²) in [5, 5.41) is 0. The van der Waals surface area contributed by atoms with Crippen molar-refractivity contribution < 1.29 is 4.79 Å². The number of nitrogens with zero attached hydrogens (tertiary/aromatic N) is 1. The van der Waals surface area contributed by atoms with Gasteiger partial charge in [-0.2, -0.15) is 0 Å². The van der Waals surface area contributed by atoms with Crippen molar-refractivity contribution in [3.05, 3.63) is 35.4 Å². The molecule has 0 heterocycles. The standard InChI is InChI=1S/C15H22N2O/c1-3-6-13(16)15(18)17(2)14-10-9-11-7-4-5-8-12(11)14/h4-5,7-8,13-14H,3,6,9-10,16H2,1-2H3/t13-,14?/m1/s1. The van der Waals surface area contributed by atoms with Crippen molar-refractivity contribution in [2.45, 2.75) is 44.7 Å². The van der Waals surface area contributed by atoms with E-state index in [9.17, 15) is 4.79 Å². The molecule has 2 N–H and O–H groups in total. The lowest BCUT2D eigenvalue weighted by Crippen LogP contribution is -2.42. The van der Waals surface area contributed by atoms with Crippen LogP contribution in [0, 0.1) is 0 Å². The number of rotatable bonds is 4. The highest BCUT2D eigenvalue weighted by molar-refractivity contribution is 5.82. The van der Waals surface area contributed by atoms with Gasteiger partial charge in [0, 0.05) is 7.05 Å². The smallest absolute Gasteiger partial charge is 0.239 e. The van der Waals surface area contributed by atoms with E-state index in [1.54, 1.807) is 0 Å². The normalized spacial score (nSPS) is 19.4. The summed E-state index contributed by atoms with van der Waals surface area (Å²) < 4.78 is 0. The van der Waals surface area contributed by atoms with Gasteiger partial charge in [0.1, 0.15) is 0 Å². The van der Waals surface area contributed by atoms with Crippen LogP contribution in [0.15, 0.2) is 24.3 Å². The van der Waals surface area contributed by atoms with Crippen LogP contribution in [-0.4, -0.2) is 23.9 Å². The van der Waals surface area contributed by atoms with E-state index in [1.165, 1.54) is 11.1 Å². The summed E-state index contributed by atoms with van der Waals surface area (Å²) in [7, 11) is 1.88. The lowest BCUT2D eigenvalue weighted by atomic mass is 10.1. The molecule has 98 valence electrons. The Morgan fingerprint density at radius 1 is 1.50 bits per heavy atom. The summed E-state index contributed by atoms with van der Waals surface area (Å²) in [6.45, 7) is 2.05. The van der Waals surface area contributed by atoms with Gasteiger partial charge in [0.25, 0.3) is 0 Å². The zero-order valence-electron chi connectivity index (χ0n) is 11.2. The van der Waals surface area contributed by atoms with E-state index in [0.29, 0.717) is 0 Å². The Balaban J connectivity index is 2.11. The van der Waals surface area contributed by atoms with Crippen LogP contribution in [0.4, 0.5) is 0 Å². The molecule has 1 aliphatic carbocycles. The minimum absolute atomic E-state index is 0.0681. The fourth-order valence-electron chi connectivity index (χ4n) is 2.79. The average molecular weight is 246 g/mol. The number of fused-ring (bicyclic) bond motifs is 1. The molecule has 1 amide bonds. The van der Waals surface area contributed by atoms with Crippen molar-refractivity contribution >= 4 is 5.91 Å².